The van der Waals surface area contributed by atoms with E-state index in [1.165, 1.54) is 7.11 Å². The number of hydrogen-bond acceptors (Lipinski definition) is 12. The number of nitroso groups, excluding NO2 is 1. The van der Waals surface area contributed by atoms with Crippen LogP contribution >= 0.6 is 0 Å². The predicted octanol–water partition coefficient (Wildman–Crippen LogP) is 4.82. The molecular weight excluding hydrogens is 638 g/mol. The van der Waals surface area contributed by atoms with Gasteiger partial charge in [0.1, 0.15) is 25.5 Å². The highest BCUT2D eigenvalue weighted by atomic mass is 17.3. The van der Waals surface area contributed by atoms with Crippen LogP contribution in [0.5, 0.6) is 23.0 Å². The lowest BCUT2D eigenvalue weighted by Crippen LogP contribution is -2.18. The molecule has 4 aromatic rings. The average Bonchev–Trinajstić information content (AvgIpc) is 3.14. The van der Waals surface area contributed by atoms with Crippen LogP contribution in [0, 0.1) is 4.91 Å². The lowest BCUT2D eigenvalue weighted by atomic mass is 9.85. The Kier molecular flexibility index (Phi) is 15.0. The summed E-state index contributed by atoms with van der Waals surface area (Å²) < 4.78 is 11.2. The molecule has 0 heterocycles. The Hall–Kier alpha value is -5.80. The number of hydrogen-bond donors (Lipinski definition) is 2. The molecule has 4 aromatic carbocycles. The van der Waals surface area contributed by atoms with E-state index in [0.717, 1.165) is 33.4 Å². The van der Waals surface area contributed by atoms with Crippen molar-refractivity contribution in [3.05, 3.63) is 124 Å². The smallest absolute Gasteiger partial charge is 0.233 e. The highest BCUT2D eigenvalue weighted by Gasteiger charge is 2.18. The minimum atomic E-state index is 0.0926. The van der Waals surface area contributed by atoms with Crippen molar-refractivity contribution in [1.29, 1.82) is 0 Å². The first kappa shape index (κ1) is 36.0. The van der Waals surface area contributed by atoms with Gasteiger partial charge in [-0.2, -0.15) is 20.2 Å². The number of carbonyl (C=O) groups excluding carboxylic acids is 2. The summed E-state index contributed by atoms with van der Waals surface area (Å²) in [6, 6.07) is 29.6. The Bertz CT molecular complexity index is 1610. The molecule has 2 amide bonds. The molecule has 0 atom stereocenters. The minimum absolute atomic E-state index is 0.0926. The quantitative estimate of drug-likeness (QED) is 0.0277. The van der Waals surface area contributed by atoms with Crippen LogP contribution in [0.3, 0.4) is 0 Å². The average molecular weight is 674 g/mol. The standard InChI is InChI=1S/C35H35N3O11/c1-42-46-31-12-4-27(5-13-31)34(26-2-10-30(11-3-26)44-23-22-43-20-19-37-41)35(29-8-16-33(17-9-29)48-49-38-25-40)28-6-14-32(15-7-28)47-45-21-18-36-24-39/h2-17,24-25H,18-23H2,1H3,(H,36,39)(H,38,40)/b35-34-. The molecule has 4 rings (SSSR count). The van der Waals surface area contributed by atoms with Crippen molar-refractivity contribution in [2.75, 3.05) is 46.6 Å². The summed E-state index contributed by atoms with van der Waals surface area (Å²) in [4.78, 5) is 61.7. The fourth-order valence-corrected chi connectivity index (χ4v) is 4.54. The van der Waals surface area contributed by atoms with E-state index in [4.69, 9.17) is 33.9 Å². The first-order valence-electron chi connectivity index (χ1n) is 15.0. The zero-order valence-electron chi connectivity index (χ0n) is 26.6. The molecule has 0 spiro atoms. The van der Waals surface area contributed by atoms with Crippen molar-refractivity contribution in [2.24, 2.45) is 5.18 Å². The number of nitrogens with zero attached hydrogens (tertiary/aromatic N) is 1. The van der Waals surface area contributed by atoms with E-state index in [9.17, 15) is 14.5 Å². The number of benzene rings is 4. The van der Waals surface area contributed by atoms with E-state index in [1.807, 2.05) is 66.1 Å². The highest BCUT2D eigenvalue weighted by Crippen LogP contribution is 2.39. The van der Waals surface area contributed by atoms with Crippen molar-refractivity contribution >= 4 is 24.0 Å². The molecule has 0 aliphatic carbocycles. The Morgan fingerprint density at radius 3 is 1.61 bits per heavy atom. The van der Waals surface area contributed by atoms with Gasteiger partial charge in [-0.15, -0.1) is 0 Å². The summed E-state index contributed by atoms with van der Waals surface area (Å²) in [5, 5.41) is 5.28. The summed E-state index contributed by atoms with van der Waals surface area (Å²) in [6.07, 6.45) is 0.936. The molecule has 0 aromatic heterocycles. The molecule has 0 aliphatic rings. The van der Waals surface area contributed by atoms with Crippen molar-refractivity contribution in [1.82, 2.24) is 10.8 Å². The Morgan fingerprint density at radius 2 is 1.12 bits per heavy atom. The second kappa shape index (κ2) is 20.4. The third-order valence-corrected chi connectivity index (χ3v) is 6.63. The maximum absolute atomic E-state index is 10.5. The summed E-state index contributed by atoms with van der Waals surface area (Å²) in [5.74, 6) is 1.99. The first-order chi connectivity index (χ1) is 24.2. The fourth-order valence-electron chi connectivity index (χ4n) is 4.54. The van der Waals surface area contributed by atoms with E-state index in [1.54, 1.807) is 36.4 Å². The van der Waals surface area contributed by atoms with E-state index in [2.05, 4.69) is 15.5 Å². The molecule has 0 bridgehead atoms. The largest absolute Gasteiger partial charge is 0.491 e. The summed E-state index contributed by atoms with van der Waals surface area (Å²) >= 11 is 0. The Labute approximate surface area is 282 Å². The molecule has 0 fully saturated rings. The predicted molar refractivity (Wildman–Crippen MR) is 177 cm³/mol. The van der Waals surface area contributed by atoms with Crippen LogP contribution in [0.2, 0.25) is 0 Å². The molecule has 49 heavy (non-hydrogen) atoms. The molecule has 0 unspecified atom stereocenters. The molecule has 0 saturated heterocycles. The fraction of sp³-hybridized carbons (Fsp3) is 0.200. The highest BCUT2D eigenvalue weighted by molar-refractivity contribution is 6.04. The van der Waals surface area contributed by atoms with Crippen molar-refractivity contribution in [3.8, 4) is 23.0 Å². The summed E-state index contributed by atoms with van der Waals surface area (Å²) in [7, 11) is 1.43. The van der Waals surface area contributed by atoms with Crippen molar-refractivity contribution in [3.63, 3.8) is 0 Å². The minimum Gasteiger partial charge on any atom is -0.491 e. The van der Waals surface area contributed by atoms with E-state index >= 15 is 0 Å². The van der Waals surface area contributed by atoms with Gasteiger partial charge >= 0.3 is 0 Å². The van der Waals surface area contributed by atoms with Gasteiger partial charge < -0.3 is 29.5 Å². The van der Waals surface area contributed by atoms with Crippen molar-refractivity contribution < 1.29 is 48.5 Å². The topological polar surface area (TPSA) is 161 Å². The van der Waals surface area contributed by atoms with Crippen LogP contribution in [-0.2, 0) is 29.1 Å². The van der Waals surface area contributed by atoms with Gasteiger partial charge in [-0.1, -0.05) is 58.7 Å². The monoisotopic (exact) mass is 673 g/mol. The first-order valence-corrected chi connectivity index (χ1v) is 15.0. The Balaban J connectivity index is 1.75. The SMILES string of the molecule is COOc1ccc(/C(=C(/c2ccc(OOCCNC=O)cc2)c2ccc(OONC=O)cc2)c2ccc(OCCOCCN=O)cc2)cc1. The molecule has 2 N–H and O–H groups in total. The van der Waals surface area contributed by atoms with Crippen LogP contribution in [0.25, 0.3) is 11.1 Å². The van der Waals surface area contributed by atoms with Crippen LogP contribution in [0.4, 0.5) is 0 Å². The third kappa shape index (κ3) is 11.4. The van der Waals surface area contributed by atoms with Gasteiger partial charge in [0, 0.05) is 6.54 Å². The number of nitrogens with one attached hydrogen (secondary N) is 2. The third-order valence-electron chi connectivity index (χ3n) is 6.63. The summed E-state index contributed by atoms with van der Waals surface area (Å²) in [6.45, 7) is 1.43. The lowest BCUT2D eigenvalue weighted by Gasteiger charge is -2.19. The van der Waals surface area contributed by atoms with E-state index in [-0.39, 0.29) is 19.8 Å². The zero-order valence-corrected chi connectivity index (χ0v) is 26.6. The van der Waals surface area contributed by atoms with Gasteiger partial charge in [-0.05, 0) is 81.9 Å². The second-order valence-corrected chi connectivity index (χ2v) is 9.79. The molecule has 256 valence electrons. The van der Waals surface area contributed by atoms with Crippen LogP contribution < -0.4 is 30.2 Å². The molecular formula is C35H35N3O11. The van der Waals surface area contributed by atoms with Gasteiger partial charge in [0.25, 0.3) is 0 Å². The number of rotatable bonds is 23. The number of hydroxylamine groups is 1. The van der Waals surface area contributed by atoms with Crippen LogP contribution in [-0.4, -0.2) is 59.4 Å². The molecule has 0 saturated carbocycles. The van der Waals surface area contributed by atoms with Gasteiger partial charge in [-0.3, -0.25) is 9.59 Å². The Morgan fingerprint density at radius 1 is 0.612 bits per heavy atom. The van der Waals surface area contributed by atoms with Crippen LogP contribution in [0.1, 0.15) is 22.3 Å². The molecule has 0 radical (unpaired) electrons. The number of amides is 2. The van der Waals surface area contributed by atoms with Gasteiger partial charge in [0.2, 0.25) is 12.8 Å². The number of carbonyl (C=O) groups is 2. The van der Waals surface area contributed by atoms with Crippen molar-refractivity contribution in [2.45, 2.75) is 0 Å². The molecule has 0 aliphatic heterocycles. The van der Waals surface area contributed by atoms with Gasteiger partial charge in [-0.25, -0.2) is 0 Å². The van der Waals surface area contributed by atoms with Gasteiger partial charge in [0.15, 0.2) is 17.2 Å². The van der Waals surface area contributed by atoms with Gasteiger partial charge in [0.05, 0.1) is 20.3 Å². The normalized spacial score (nSPS) is 11.1. The van der Waals surface area contributed by atoms with E-state index in [0.29, 0.717) is 55.6 Å². The molecule has 14 nitrogen and oxygen atoms in total. The summed E-state index contributed by atoms with van der Waals surface area (Å²) in [5.41, 5.74) is 7.13. The second-order valence-electron chi connectivity index (χ2n) is 9.79. The van der Waals surface area contributed by atoms with Crippen LogP contribution in [0.15, 0.2) is 102 Å². The zero-order chi connectivity index (χ0) is 34.5. The van der Waals surface area contributed by atoms with E-state index < -0.39 is 0 Å². The number of ether oxygens (including phenoxy) is 2. The lowest BCUT2D eigenvalue weighted by molar-refractivity contribution is -0.248. The maximum Gasteiger partial charge on any atom is 0.233 e. The molecule has 14 heteroatoms. The maximum atomic E-state index is 10.5.